The Labute approximate surface area is 417 Å². The average Bonchev–Trinajstić information content (AvgIpc) is 3.33. The smallest absolute Gasteiger partial charge is 0.306 e. The number of unbranched alkanes of at least 4 members (excludes halogenated alkanes) is 40. The van der Waals surface area contributed by atoms with E-state index in [0.717, 1.165) is 64.2 Å². The van der Waals surface area contributed by atoms with E-state index in [-0.39, 0.29) is 31.1 Å². The molecular formula is C61H114O6. The Balaban J connectivity index is 4.17. The van der Waals surface area contributed by atoms with Gasteiger partial charge in [0.25, 0.3) is 0 Å². The Morgan fingerprint density at radius 1 is 0.284 bits per heavy atom. The zero-order chi connectivity index (χ0) is 48.6. The summed E-state index contributed by atoms with van der Waals surface area (Å²) in [6.45, 7) is 6.65. The molecule has 0 heterocycles. The summed E-state index contributed by atoms with van der Waals surface area (Å²) in [5.41, 5.74) is 0. The van der Waals surface area contributed by atoms with Crippen LogP contribution in [0.1, 0.15) is 329 Å². The first-order valence-corrected chi connectivity index (χ1v) is 29.8. The largest absolute Gasteiger partial charge is 0.462 e. The van der Waals surface area contributed by atoms with Gasteiger partial charge in [-0.05, 0) is 70.6 Å². The first-order valence-electron chi connectivity index (χ1n) is 29.8. The van der Waals surface area contributed by atoms with E-state index in [4.69, 9.17) is 14.2 Å². The number of ether oxygens (including phenoxy) is 3. The second-order valence-electron chi connectivity index (χ2n) is 20.3. The van der Waals surface area contributed by atoms with Crippen molar-refractivity contribution < 1.29 is 28.6 Å². The maximum atomic E-state index is 12.8. The van der Waals surface area contributed by atoms with Crippen molar-refractivity contribution in [2.45, 2.75) is 335 Å². The molecule has 0 spiro atoms. The predicted octanol–water partition coefficient (Wildman–Crippen LogP) is 19.9. The molecule has 0 amide bonds. The fourth-order valence-corrected chi connectivity index (χ4v) is 8.91. The summed E-state index contributed by atoms with van der Waals surface area (Å²) in [6, 6.07) is 0. The standard InChI is InChI=1S/C61H114O6/c1-4-7-10-13-16-19-22-24-26-27-28-29-30-31-32-33-34-35-36-38-39-42-45-48-51-54-60(63)66-57-58(56-65-59(62)53-50-47-44-41-21-18-15-12-9-6-3)67-61(64)55-52-49-46-43-40-37-25-23-20-17-14-11-8-5-2/h23,25,27-28,58H,4-22,24,26,29-57H2,1-3H3/b25-23-,28-27-. The van der Waals surface area contributed by atoms with Crippen LogP contribution in [0.3, 0.4) is 0 Å². The van der Waals surface area contributed by atoms with Gasteiger partial charge in [-0.1, -0.05) is 263 Å². The lowest BCUT2D eigenvalue weighted by Gasteiger charge is -2.18. The third-order valence-corrected chi connectivity index (χ3v) is 13.4. The number of esters is 3. The number of rotatable bonds is 55. The summed E-state index contributed by atoms with van der Waals surface area (Å²) in [7, 11) is 0. The van der Waals surface area contributed by atoms with E-state index in [1.54, 1.807) is 0 Å². The van der Waals surface area contributed by atoms with Gasteiger partial charge >= 0.3 is 17.9 Å². The van der Waals surface area contributed by atoms with E-state index in [9.17, 15) is 14.4 Å². The Kier molecular flexibility index (Phi) is 54.7. The maximum absolute atomic E-state index is 12.8. The topological polar surface area (TPSA) is 78.9 Å². The highest BCUT2D eigenvalue weighted by Crippen LogP contribution is 2.17. The molecular weight excluding hydrogens is 829 g/mol. The molecule has 0 rings (SSSR count). The third-order valence-electron chi connectivity index (χ3n) is 13.4. The SMILES string of the molecule is CCCCCCC/C=C\CCCCCCCC(=O)OC(COC(=O)CCCCCCCCCCCC)COC(=O)CCCCCCCCCCCCCCC/C=C\CCCCCCCCCC. The van der Waals surface area contributed by atoms with Crippen molar-refractivity contribution in [3.8, 4) is 0 Å². The molecule has 0 aliphatic heterocycles. The molecule has 0 aromatic rings. The molecule has 67 heavy (non-hydrogen) atoms. The van der Waals surface area contributed by atoms with Crippen LogP contribution in [-0.2, 0) is 28.6 Å². The second kappa shape index (κ2) is 56.5. The summed E-state index contributed by atoms with van der Waals surface area (Å²) in [5, 5.41) is 0. The zero-order valence-corrected chi connectivity index (χ0v) is 45.2. The lowest BCUT2D eigenvalue weighted by Crippen LogP contribution is -2.30. The van der Waals surface area contributed by atoms with Crippen molar-refractivity contribution in [2.75, 3.05) is 13.2 Å². The van der Waals surface area contributed by atoms with Gasteiger partial charge in [-0.3, -0.25) is 14.4 Å². The van der Waals surface area contributed by atoms with Gasteiger partial charge in [-0.15, -0.1) is 0 Å². The first-order chi connectivity index (χ1) is 33.0. The summed E-state index contributed by atoms with van der Waals surface area (Å²) < 4.78 is 16.8. The van der Waals surface area contributed by atoms with Crippen molar-refractivity contribution in [1.29, 1.82) is 0 Å². The predicted molar refractivity (Wildman–Crippen MR) is 289 cm³/mol. The minimum atomic E-state index is -0.770. The third kappa shape index (κ3) is 54.7. The van der Waals surface area contributed by atoms with Crippen LogP contribution in [0, 0.1) is 0 Å². The van der Waals surface area contributed by atoms with Crippen LogP contribution in [0.25, 0.3) is 0 Å². The van der Waals surface area contributed by atoms with Gasteiger partial charge in [0, 0.05) is 19.3 Å². The molecule has 0 fully saturated rings. The van der Waals surface area contributed by atoms with Crippen LogP contribution in [0.2, 0.25) is 0 Å². The van der Waals surface area contributed by atoms with Gasteiger partial charge in [0.05, 0.1) is 0 Å². The number of hydrogen-bond acceptors (Lipinski definition) is 6. The van der Waals surface area contributed by atoms with E-state index in [2.05, 4.69) is 45.1 Å². The maximum Gasteiger partial charge on any atom is 0.306 e. The minimum absolute atomic E-state index is 0.0702. The van der Waals surface area contributed by atoms with E-state index >= 15 is 0 Å². The van der Waals surface area contributed by atoms with Gasteiger partial charge in [0.2, 0.25) is 0 Å². The van der Waals surface area contributed by atoms with E-state index in [1.165, 1.54) is 225 Å². The highest BCUT2D eigenvalue weighted by Gasteiger charge is 2.19. The molecule has 1 unspecified atom stereocenters. The first kappa shape index (κ1) is 64.9. The van der Waals surface area contributed by atoms with Gasteiger partial charge in [-0.25, -0.2) is 0 Å². The summed E-state index contributed by atoms with van der Waals surface area (Å²) in [5.74, 6) is -0.862. The van der Waals surface area contributed by atoms with Gasteiger partial charge in [0.15, 0.2) is 6.10 Å². The van der Waals surface area contributed by atoms with Gasteiger partial charge in [-0.2, -0.15) is 0 Å². The fraction of sp³-hybridized carbons (Fsp3) is 0.885. The Morgan fingerprint density at radius 2 is 0.493 bits per heavy atom. The van der Waals surface area contributed by atoms with E-state index in [1.807, 2.05) is 0 Å². The van der Waals surface area contributed by atoms with Crippen LogP contribution in [0.5, 0.6) is 0 Å². The molecule has 1 atom stereocenters. The van der Waals surface area contributed by atoms with Crippen LogP contribution >= 0.6 is 0 Å². The van der Waals surface area contributed by atoms with Crippen molar-refractivity contribution >= 4 is 17.9 Å². The molecule has 0 saturated carbocycles. The highest BCUT2D eigenvalue weighted by atomic mass is 16.6. The van der Waals surface area contributed by atoms with Crippen LogP contribution in [0.15, 0.2) is 24.3 Å². The minimum Gasteiger partial charge on any atom is -0.462 e. The van der Waals surface area contributed by atoms with Crippen molar-refractivity contribution in [3.63, 3.8) is 0 Å². The van der Waals surface area contributed by atoms with Crippen molar-refractivity contribution in [3.05, 3.63) is 24.3 Å². The van der Waals surface area contributed by atoms with Crippen molar-refractivity contribution in [2.24, 2.45) is 0 Å². The summed E-state index contributed by atoms with van der Waals surface area (Å²) in [4.78, 5) is 38.0. The second-order valence-corrected chi connectivity index (χ2v) is 20.3. The number of carbonyl (C=O) groups is 3. The van der Waals surface area contributed by atoms with Crippen LogP contribution < -0.4 is 0 Å². The summed E-state index contributed by atoms with van der Waals surface area (Å²) in [6.07, 6.45) is 66.2. The number of hydrogen-bond donors (Lipinski definition) is 0. The Bertz CT molecular complexity index is 1080. The molecule has 6 nitrogen and oxygen atoms in total. The Hall–Kier alpha value is -2.11. The normalized spacial score (nSPS) is 12.1. The van der Waals surface area contributed by atoms with E-state index in [0.29, 0.717) is 19.3 Å². The Morgan fingerprint density at radius 3 is 0.746 bits per heavy atom. The van der Waals surface area contributed by atoms with E-state index < -0.39 is 6.10 Å². The number of carbonyl (C=O) groups excluding carboxylic acids is 3. The molecule has 6 heteroatoms. The zero-order valence-electron chi connectivity index (χ0n) is 45.2. The molecule has 0 aromatic heterocycles. The van der Waals surface area contributed by atoms with Gasteiger partial charge in [0.1, 0.15) is 13.2 Å². The fourth-order valence-electron chi connectivity index (χ4n) is 8.91. The molecule has 0 N–H and O–H groups in total. The van der Waals surface area contributed by atoms with Crippen LogP contribution in [-0.4, -0.2) is 37.2 Å². The molecule has 0 bridgehead atoms. The molecule has 0 aliphatic carbocycles. The molecule has 0 radical (unpaired) electrons. The van der Waals surface area contributed by atoms with Crippen LogP contribution in [0.4, 0.5) is 0 Å². The molecule has 0 aromatic carbocycles. The van der Waals surface area contributed by atoms with Gasteiger partial charge < -0.3 is 14.2 Å². The number of allylic oxidation sites excluding steroid dienone is 4. The average molecular weight is 944 g/mol. The quantitative estimate of drug-likeness (QED) is 0.0262. The molecule has 394 valence electrons. The molecule has 0 aliphatic rings. The lowest BCUT2D eigenvalue weighted by atomic mass is 10.0. The van der Waals surface area contributed by atoms with Crippen molar-refractivity contribution in [1.82, 2.24) is 0 Å². The lowest BCUT2D eigenvalue weighted by molar-refractivity contribution is -0.167. The summed E-state index contributed by atoms with van der Waals surface area (Å²) >= 11 is 0. The monoisotopic (exact) mass is 943 g/mol. The highest BCUT2D eigenvalue weighted by molar-refractivity contribution is 5.71. The molecule has 0 saturated heterocycles.